The van der Waals surface area contributed by atoms with E-state index in [0.29, 0.717) is 5.69 Å². The van der Waals surface area contributed by atoms with Crippen LogP contribution in [0.1, 0.15) is 6.42 Å². The molecular weight excluding hydrogens is 395 g/mol. The fourth-order valence-corrected chi connectivity index (χ4v) is 2.75. The van der Waals surface area contributed by atoms with E-state index in [1.165, 1.54) is 12.1 Å². The highest BCUT2D eigenvalue weighted by Crippen LogP contribution is 2.27. The normalized spacial score (nSPS) is 17.9. The maximum atomic E-state index is 12.5. The van der Waals surface area contributed by atoms with Crippen molar-refractivity contribution in [2.24, 2.45) is 0 Å². The third-order valence-electron chi connectivity index (χ3n) is 3.42. The number of phenolic OH excluding ortho intramolecular Hbond substituents is 1. The molecule has 22 heavy (non-hydrogen) atoms. The first kappa shape index (κ1) is 14.8. The number of anilines is 2. The Morgan fingerprint density at radius 2 is 1.86 bits per heavy atom. The molecule has 6 heteroatoms. The molecule has 5 nitrogen and oxygen atoms in total. The molecule has 1 aliphatic rings. The summed E-state index contributed by atoms with van der Waals surface area (Å²) in [4.78, 5) is 25.7. The highest BCUT2D eigenvalue weighted by molar-refractivity contribution is 14.1. The van der Waals surface area contributed by atoms with Gasteiger partial charge in [0.25, 0.3) is 5.91 Å². The average Bonchev–Trinajstić information content (AvgIpc) is 2.76. The lowest BCUT2D eigenvalue weighted by molar-refractivity contribution is -0.121. The second kappa shape index (κ2) is 5.96. The number of imide groups is 1. The molecule has 1 aliphatic heterocycles. The summed E-state index contributed by atoms with van der Waals surface area (Å²) in [5.41, 5.74) is 1.19. The first-order valence-corrected chi connectivity index (χ1v) is 7.80. The molecule has 3 rings (SSSR count). The molecule has 2 amide bonds. The summed E-state index contributed by atoms with van der Waals surface area (Å²) >= 11 is 2.20. The molecule has 1 unspecified atom stereocenters. The molecule has 0 aliphatic carbocycles. The quantitative estimate of drug-likeness (QED) is 0.606. The summed E-state index contributed by atoms with van der Waals surface area (Å²) in [6, 6.07) is 13.1. The smallest absolute Gasteiger partial charge is 0.256 e. The van der Waals surface area contributed by atoms with Gasteiger partial charge in [0.15, 0.2) is 0 Å². The van der Waals surface area contributed by atoms with Crippen molar-refractivity contribution in [3.8, 4) is 5.75 Å². The third-order valence-corrected chi connectivity index (χ3v) is 4.14. The van der Waals surface area contributed by atoms with Gasteiger partial charge in [0.05, 0.1) is 12.1 Å². The average molecular weight is 408 g/mol. The number of nitrogens with zero attached hydrogens (tertiary/aromatic N) is 1. The molecule has 1 heterocycles. The highest BCUT2D eigenvalue weighted by atomic mass is 127. The summed E-state index contributed by atoms with van der Waals surface area (Å²) in [5, 5.41) is 12.6. The van der Waals surface area contributed by atoms with Gasteiger partial charge in [-0.2, -0.15) is 0 Å². The maximum Gasteiger partial charge on any atom is 0.256 e. The first-order valence-electron chi connectivity index (χ1n) is 6.72. The number of phenols is 1. The van der Waals surface area contributed by atoms with E-state index in [0.717, 1.165) is 14.2 Å². The van der Waals surface area contributed by atoms with Crippen LogP contribution in [0.2, 0.25) is 0 Å². The maximum absolute atomic E-state index is 12.5. The Balaban J connectivity index is 1.81. The van der Waals surface area contributed by atoms with Gasteiger partial charge in [-0.3, -0.25) is 9.59 Å². The summed E-state index contributed by atoms with van der Waals surface area (Å²) in [6.07, 6.45) is 0.0977. The van der Waals surface area contributed by atoms with Gasteiger partial charge >= 0.3 is 0 Å². The predicted octanol–water partition coefficient (Wildman–Crippen LogP) is 2.74. The van der Waals surface area contributed by atoms with Crippen molar-refractivity contribution in [1.82, 2.24) is 0 Å². The van der Waals surface area contributed by atoms with Crippen LogP contribution < -0.4 is 10.2 Å². The number of rotatable bonds is 3. The number of carbonyl (C=O) groups excluding carboxylic acids is 2. The molecule has 0 bridgehead atoms. The lowest BCUT2D eigenvalue weighted by Gasteiger charge is -2.16. The number of benzene rings is 2. The Morgan fingerprint density at radius 3 is 2.55 bits per heavy atom. The van der Waals surface area contributed by atoms with Gasteiger partial charge in [-0.25, -0.2) is 4.90 Å². The Morgan fingerprint density at radius 1 is 1.14 bits per heavy atom. The highest BCUT2D eigenvalue weighted by Gasteiger charge is 2.39. The SMILES string of the molecule is O=C1CC(Nc2ccc(I)cc2)C(=O)N1c1cccc(O)c1. The fraction of sp³-hybridized carbons (Fsp3) is 0.125. The zero-order valence-corrected chi connectivity index (χ0v) is 13.6. The molecule has 1 fully saturated rings. The second-order valence-electron chi connectivity index (χ2n) is 5.00. The van der Waals surface area contributed by atoms with Crippen molar-refractivity contribution >= 4 is 45.8 Å². The van der Waals surface area contributed by atoms with Crippen LogP contribution in [0.15, 0.2) is 48.5 Å². The Bertz CT molecular complexity index is 730. The molecule has 1 saturated heterocycles. The third kappa shape index (κ3) is 2.92. The molecule has 2 aromatic carbocycles. The first-order chi connectivity index (χ1) is 10.5. The van der Waals surface area contributed by atoms with Gasteiger partial charge < -0.3 is 10.4 Å². The largest absolute Gasteiger partial charge is 0.508 e. The molecule has 0 spiro atoms. The van der Waals surface area contributed by atoms with Crippen LogP contribution in [-0.4, -0.2) is 23.0 Å². The molecule has 2 N–H and O–H groups in total. The van der Waals surface area contributed by atoms with Crippen molar-refractivity contribution in [2.45, 2.75) is 12.5 Å². The van der Waals surface area contributed by atoms with Crippen LogP contribution >= 0.6 is 22.6 Å². The van der Waals surface area contributed by atoms with E-state index in [1.54, 1.807) is 12.1 Å². The topological polar surface area (TPSA) is 69.6 Å². The monoisotopic (exact) mass is 408 g/mol. The van der Waals surface area contributed by atoms with E-state index in [9.17, 15) is 14.7 Å². The number of nitrogens with one attached hydrogen (secondary N) is 1. The van der Waals surface area contributed by atoms with Crippen LogP contribution in [0.5, 0.6) is 5.75 Å². The van der Waals surface area contributed by atoms with E-state index in [2.05, 4.69) is 27.9 Å². The Kier molecular flexibility index (Phi) is 4.02. The van der Waals surface area contributed by atoms with Crippen LogP contribution in [0, 0.1) is 3.57 Å². The second-order valence-corrected chi connectivity index (χ2v) is 6.24. The van der Waals surface area contributed by atoms with E-state index in [1.807, 2.05) is 24.3 Å². The summed E-state index contributed by atoms with van der Waals surface area (Å²) in [5.74, 6) is -0.570. The molecule has 0 aromatic heterocycles. The molecule has 112 valence electrons. The minimum absolute atomic E-state index is 0.0205. The lowest BCUT2D eigenvalue weighted by atomic mass is 10.2. The zero-order valence-electron chi connectivity index (χ0n) is 11.5. The summed E-state index contributed by atoms with van der Waals surface area (Å²) in [7, 11) is 0. The van der Waals surface area contributed by atoms with Crippen LogP contribution in [0.4, 0.5) is 11.4 Å². The lowest BCUT2D eigenvalue weighted by Crippen LogP contribution is -2.34. The minimum atomic E-state index is -0.588. The van der Waals surface area contributed by atoms with Crippen molar-refractivity contribution < 1.29 is 14.7 Å². The van der Waals surface area contributed by atoms with Gasteiger partial charge in [-0.1, -0.05) is 6.07 Å². The van der Waals surface area contributed by atoms with Crippen molar-refractivity contribution in [3.05, 3.63) is 52.1 Å². The Hall–Kier alpha value is -2.09. The predicted molar refractivity (Wildman–Crippen MR) is 91.8 cm³/mol. The molecule has 1 atom stereocenters. The van der Waals surface area contributed by atoms with Gasteiger partial charge in [0, 0.05) is 15.3 Å². The number of amides is 2. The fourth-order valence-electron chi connectivity index (χ4n) is 2.40. The number of hydrogen-bond donors (Lipinski definition) is 2. The van der Waals surface area contributed by atoms with Gasteiger partial charge in [-0.15, -0.1) is 0 Å². The number of hydrogen-bond acceptors (Lipinski definition) is 4. The van der Waals surface area contributed by atoms with E-state index in [-0.39, 0.29) is 24.0 Å². The van der Waals surface area contributed by atoms with E-state index >= 15 is 0 Å². The van der Waals surface area contributed by atoms with E-state index in [4.69, 9.17) is 0 Å². The zero-order chi connectivity index (χ0) is 15.7. The standard InChI is InChI=1S/C16H13IN2O3/c17-10-4-6-11(7-5-10)18-14-9-15(21)19(16(14)22)12-2-1-3-13(20)8-12/h1-8,14,18,20H,9H2. The Labute approximate surface area is 141 Å². The number of aromatic hydroxyl groups is 1. The van der Waals surface area contributed by atoms with Gasteiger partial charge in [0.1, 0.15) is 11.8 Å². The summed E-state index contributed by atoms with van der Waals surface area (Å²) in [6.45, 7) is 0. The van der Waals surface area contributed by atoms with Crippen molar-refractivity contribution in [3.63, 3.8) is 0 Å². The molecule has 0 saturated carbocycles. The van der Waals surface area contributed by atoms with Crippen molar-refractivity contribution in [2.75, 3.05) is 10.2 Å². The van der Waals surface area contributed by atoms with E-state index < -0.39 is 6.04 Å². The van der Waals surface area contributed by atoms with Gasteiger partial charge in [-0.05, 0) is 59.0 Å². The number of halogens is 1. The van der Waals surface area contributed by atoms with Crippen molar-refractivity contribution in [1.29, 1.82) is 0 Å². The summed E-state index contributed by atoms with van der Waals surface area (Å²) < 4.78 is 1.10. The van der Waals surface area contributed by atoms with Crippen LogP contribution in [-0.2, 0) is 9.59 Å². The van der Waals surface area contributed by atoms with Gasteiger partial charge in [0.2, 0.25) is 5.91 Å². The molecule has 0 radical (unpaired) electrons. The number of carbonyl (C=O) groups is 2. The molecule has 2 aromatic rings. The van der Waals surface area contributed by atoms with Crippen LogP contribution in [0.25, 0.3) is 0 Å². The minimum Gasteiger partial charge on any atom is -0.508 e. The van der Waals surface area contributed by atoms with Crippen LogP contribution in [0.3, 0.4) is 0 Å². The molecular formula is C16H13IN2O3.